The van der Waals surface area contributed by atoms with Gasteiger partial charge in [-0.25, -0.2) is 5.01 Å². The Morgan fingerprint density at radius 2 is 1.78 bits per heavy atom. The average molecular weight is 517 g/mol. The van der Waals surface area contributed by atoms with Crippen molar-refractivity contribution >= 4 is 51.7 Å². The number of thioether (sulfide) groups is 1. The van der Waals surface area contributed by atoms with Gasteiger partial charge in [-0.2, -0.15) is 10.1 Å². The molecule has 36 heavy (non-hydrogen) atoms. The molecule has 2 aliphatic rings. The van der Waals surface area contributed by atoms with E-state index >= 15 is 0 Å². The molecule has 0 unspecified atom stereocenters. The molecule has 182 valence electrons. The summed E-state index contributed by atoms with van der Waals surface area (Å²) in [6.07, 6.45) is 1.69. The first-order valence-corrected chi connectivity index (χ1v) is 13.1. The van der Waals surface area contributed by atoms with Crippen molar-refractivity contribution in [3.05, 3.63) is 101 Å². The molecule has 0 bridgehead atoms. The lowest BCUT2D eigenvalue weighted by Gasteiger charge is -2.23. The first-order chi connectivity index (χ1) is 17.5. The number of hydrogen-bond donors (Lipinski definition) is 1. The van der Waals surface area contributed by atoms with Gasteiger partial charge in [0.15, 0.2) is 5.17 Å². The molecular weight excluding hydrogens is 492 g/mol. The molecular formula is C28H25ClN4O2S. The van der Waals surface area contributed by atoms with E-state index in [0.29, 0.717) is 22.3 Å². The zero-order valence-electron chi connectivity index (χ0n) is 19.7. The number of halogens is 1. The summed E-state index contributed by atoms with van der Waals surface area (Å²) >= 11 is 7.21. The van der Waals surface area contributed by atoms with Gasteiger partial charge in [0, 0.05) is 23.6 Å². The third-order valence-electron chi connectivity index (χ3n) is 6.21. The number of carbonyl (C=O) groups is 2. The van der Waals surface area contributed by atoms with Gasteiger partial charge in [0.05, 0.1) is 11.8 Å². The minimum absolute atomic E-state index is 0.0259. The van der Waals surface area contributed by atoms with E-state index in [2.05, 4.69) is 41.5 Å². The zero-order chi connectivity index (χ0) is 25.1. The van der Waals surface area contributed by atoms with E-state index in [1.54, 1.807) is 24.3 Å². The zero-order valence-corrected chi connectivity index (χ0v) is 21.3. The second-order valence-corrected chi connectivity index (χ2v) is 10.3. The fourth-order valence-corrected chi connectivity index (χ4v) is 5.43. The molecule has 1 N–H and O–H groups in total. The van der Waals surface area contributed by atoms with E-state index in [0.717, 1.165) is 23.3 Å². The van der Waals surface area contributed by atoms with Crippen molar-refractivity contribution in [3.63, 3.8) is 0 Å². The maximum atomic E-state index is 12.8. The lowest BCUT2D eigenvalue weighted by atomic mass is 9.97. The largest absolute Gasteiger partial charge is 0.326 e. The van der Waals surface area contributed by atoms with Crippen LogP contribution in [0.5, 0.6) is 0 Å². The van der Waals surface area contributed by atoms with Crippen molar-refractivity contribution < 1.29 is 9.59 Å². The molecule has 0 radical (unpaired) electrons. The minimum atomic E-state index is -0.591. The number of carbonyl (C=O) groups excluding carboxylic acids is 2. The molecule has 0 aliphatic carbocycles. The maximum Gasteiger partial charge on any atom is 0.262 e. The molecule has 8 heteroatoms. The summed E-state index contributed by atoms with van der Waals surface area (Å²) in [6, 6.07) is 25.3. The Morgan fingerprint density at radius 3 is 2.47 bits per heavy atom. The fraction of sp³-hybridized carbons (Fsp3) is 0.214. The second kappa shape index (κ2) is 10.7. The fourth-order valence-electron chi connectivity index (χ4n) is 4.25. The van der Waals surface area contributed by atoms with Crippen LogP contribution >= 0.6 is 23.4 Å². The monoisotopic (exact) mass is 516 g/mol. The van der Waals surface area contributed by atoms with Crippen LogP contribution < -0.4 is 5.32 Å². The lowest BCUT2D eigenvalue weighted by Crippen LogP contribution is -2.25. The van der Waals surface area contributed by atoms with Crippen LogP contribution in [0, 0.1) is 0 Å². The number of nitrogens with zero attached hydrogens (tertiary/aromatic N) is 3. The van der Waals surface area contributed by atoms with Crippen molar-refractivity contribution in [2.24, 2.45) is 10.1 Å². The Morgan fingerprint density at radius 1 is 1.06 bits per heavy atom. The van der Waals surface area contributed by atoms with Crippen LogP contribution in [0.2, 0.25) is 5.02 Å². The summed E-state index contributed by atoms with van der Waals surface area (Å²) in [5, 5.41) is 10.1. The molecule has 5 rings (SSSR count). The van der Waals surface area contributed by atoms with Gasteiger partial charge in [-0.3, -0.25) is 9.59 Å². The van der Waals surface area contributed by atoms with Gasteiger partial charge >= 0.3 is 0 Å². The van der Waals surface area contributed by atoms with E-state index in [1.807, 2.05) is 35.3 Å². The van der Waals surface area contributed by atoms with E-state index in [4.69, 9.17) is 16.7 Å². The number of rotatable bonds is 6. The molecule has 0 fully saturated rings. The molecule has 0 saturated carbocycles. The van der Waals surface area contributed by atoms with Crippen molar-refractivity contribution in [3.8, 4) is 0 Å². The molecule has 6 nitrogen and oxygen atoms in total. The number of benzene rings is 3. The van der Waals surface area contributed by atoms with Gasteiger partial charge in [0.2, 0.25) is 5.91 Å². The number of amides is 2. The number of aryl methyl sites for hydroxylation is 1. The summed E-state index contributed by atoms with van der Waals surface area (Å²) in [5.41, 5.74) is 5.00. The molecule has 3 aromatic carbocycles. The SMILES string of the molecule is CCc1ccc([C@H]2CC(c3ccccc3)=NN2C2=NC(=O)[C@H](CC(=O)Nc3ccc(Cl)cc3)S2)cc1. The van der Waals surface area contributed by atoms with E-state index in [1.165, 1.54) is 17.3 Å². The van der Waals surface area contributed by atoms with Gasteiger partial charge in [-0.15, -0.1) is 0 Å². The Kier molecular flexibility index (Phi) is 7.20. The molecule has 0 aromatic heterocycles. The lowest BCUT2D eigenvalue weighted by molar-refractivity contribution is -0.121. The van der Waals surface area contributed by atoms with Crippen molar-refractivity contribution in [1.82, 2.24) is 5.01 Å². The topological polar surface area (TPSA) is 74.1 Å². The number of hydrazone groups is 1. The Balaban J connectivity index is 1.34. The summed E-state index contributed by atoms with van der Waals surface area (Å²) in [7, 11) is 0. The van der Waals surface area contributed by atoms with Crippen LogP contribution in [-0.2, 0) is 16.0 Å². The minimum Gasteiger partial charge on any atom is -0.326 e. The smallest absolute Gasteiger partial charge is 0.262 e. The Labute approximate surface area is 219 Å². The van der Waals surface area contributed by atoms with Crippen LogP contribution in [0.4, 0.5) is 5.69 Å². The van der Waals surface area contributed by atoms with Crippen LogP contribution in [-0.4, -0.2) is 33.0 Å². The number of aliphatic imine (C=N–C) groups is 1. The highest BCUT2D eigenvalue weighted by atomic mass is 35.5. The number of anilines is 1. The Hall–Kier alpha value is -3.42. The molecule has 3 aromatic rings. The molecule has 2 aliphatic heterocycles. The number of amidine groups is 1. The third kappa shape index (κ3) is 5.37. The molecule has 2 atom stereocenters. The predicted octanol–water partition coefficient (Wildman–Crippen LogP) is 6.08. The van der Waals surface area contributed by atoms with Gasteiger partial charge < -0.3 is 5.32 Å². The highest BCUT2D eigenvalue weighted by Crippen LogP contribution is 2.38. The number of hydrogen-bond acceptors (Lipinski definition) is 5. The first kappa shape index (κ1) is 24.3. The normalized spacial score (nSPS) is 19.3. The van der Waals surface area contributed by atoms with Gasteiger partial charge in [-0.1, -0.05) is 84.9 Å². The van der Waals surface area contributed by atoms with Crippen molar-refractivity contribution in [2.45, 2.75) is 37.5 Å². The highest BCUT2D eigenvalue weighted by molar-refractivity contribution is 8.15. The molecule has 2 amide bonds. The quantitative estimate of drug-likeness (QED) is 0.431. The number of nitrogens with one attached hydrogen (secondary N) is 1. The van der Waals surface area contributed by atoms with E-state index in [9.17, 15) is 9.59 Å². The summed E-state index contributed by atoms with van der Waals surface area (Å²) in [5.74, 6) is -0.564. The van der Waals surface area contributed by atoms with Crippen LogP contribution in [0.3, 0.4) is 0 Å². The molecule has 2 heterocycles. The van der Waals surface area contributed by atoms with Crippen LogP contribution in [0.1, 0.15) is 42.5 Å². The van der Waals surface area contributed by atoms with Crippen molar-refractivity contribution in [2.75, 3.05) is 5.32 Å². The highest BCUT2D eigenvalue weighted by Gasteiger charge is 2.39. The average Bonchev–Trinajstić information content (AvgIpc) is 3.50. The first-order valence-electron chi connectivity index (χ1n) is 11.9. The summed E-state index contributed by atoms with van der Waals surface area (Å²) < 4.78 is 0. The predicted molar refractivity (Wildman–Crippen MR) is 147 cm³/mol. The standard InChI is InChI=1S/C28H25ClN4O2S/c1-2-18-8-10-20(11-9-18)24-16-23(19-6-4-3-5-7-19)32-33(24)28-31-27(35)25(36-28)17-26(34)30-22-14-12-21(29)13-15-22/h3-15,24-25H,2,16-17H2,1H3,(H,30,34)/t24-,25+/m1/s1. The van der Waals surface area contributed by atoms with Gasteiger partial charge in [-0.05, 0) is 47.4 Å². The third-order valence-corrected chi connectivity index (χ3v) is 7.61. The Bertz CT molecular complexity index is 1320. The molecule has 0 spiro atoms. The van der Waals surface area contributed by atoms with Crippen molar-refractivity contribution in [1.29, 1.82) is 0 Å². The van der Waals surface area contributed by atoms with Gasteiger partial charge in [0.25, 0.3) is 5.91 Å². The van der Waals surface area contributed by atoms with E-state index in [-0.39, 0.29) is 24.3 Å². The van der Waals surface area contributed by atoms with Crippen LogP contribution in [0.25, 0.3) is 0 Å². The molecule has 0 saturated heterocycles. The maximum absolute atomic E-state index is 12.8. The summed E-state index contributed by atoms with van der Waals surface area (Å²) in [4.78, 5) is 29.7. The summed E-state index contributed by atoms with van der Waals surface area (Å²) in [6.45, 7) is 2.13. The van der Waals surface area contributed by atoms with Gasteiger partial charge in [0.1, 0.15) is 5.25 Å². The second-order valence-electron chi connectivity index (χ2n) is 8.67. The van der Waals surface area contributed by atoms with Crippen LogP contribution in [0.15, 0.2) is 89.0 Å². The van der Waals surface area contributed by atoms with E-state index < -0.39 is 5.25 Å².